The molecule has 0 unspecified atom stereocenters. The van der Waals surface area contributed by atoms with Gasteiger partial charge in [-0.3, -0.25) is 0 Å². The summed E-state index contributed by atoms with van der Waals surface area (Å²) in [4.78, 5) is 8.81. The first-order chi connectivity index (χ1) is 15.6. The Kier molecular flexibility index (Phi) is 6.50. The van der Waals surface area contributed by atoms with Crippen LogP contribution in [0.15, 0.2) is 42.6 Å². The normalized spacial score (nSPS) is 14.9. The Morgan fingerprint density at radius 1 is 1.18 bits per heavy atom. The number of methoxy groups -OCH3 is 1. The predicted molar refractivity (Wildman–Crippen MR) is 137 cm³/mol. The maximum atomic E-state index is 12.7. The average Bonchev–Trinajstić information content (AvgIpc) is 2.75. The van der Waals surface area contributed by atoms with E-state index >= 15 is 0 Å². The minimum absolute atomic E-state index is 0.289. The molecule has 0 fully saturated rings. The molecular formula is C22H23B2ClN5O2P. The number of aromatic nitrogens is 2. The highest BCUT2D eigenvalue weighted by Gasteiger charge is 2.27. The molecule has 166 valence electrons. The van der Waals surface area contributed by atoms with Crippen molar-refractivity contribution in [3.05, 3.63) is 58.7 Å². The molecule has 0 saturated carbocycles. The molecule has 4 rings (SSSR count). The third-order valence-corrected chi connectivity index (χ3v) is 7.24. The van der Waals surface area contributed by atoms with Gasteiger partial charge in [-0.25, -0.2) is 4.98 Å². The van der Waals surface area contributed by atoms with E-state index in [-0.39, 0.29) is 5.95 Å². The van der Waals surface area contributed by atoms with Crippen LogP contribution in [0.25, 0.3) is 0 Å². The van der Waals surface area contributed by atoms with Crippen LogP contribution >= 0.6 is 18.7 Å². The number of anilines is 4. The van der Waals surface area contributed by atoms with E-state index in [1.165, 1.54) is 6.20 Å². The van der Waals surface area contributed by atoms with Crippen molar-refractivity contribution < 1.29 is 9.30 Å². The minimum atomic E-state index is -2.52. The summed E-state index contributed by atoms with van der Waals surface area (Å²) in [5.74, 6) is 1.28. The van der Waals surface area contributed by atoms with E-state index in [4.69, 9.17) is 32.0 Å². The second-order valence-corrected chi connectivity index (χ2v) is 11.9. The molecule has 1 aliphatic heterocycles. The zero-order chi connectivity index (χ0) is 23.8. The minimum Gasteiger partial charge on any atom is -0.495 e. The highest BCUT2D eigenvalue weighted by Crippen LogP contribution is 2.39. The van der Waals surface area contributed by atoms with Crippen LogP contribution in [-0.2, 0) is 16.3 Å². The van der Waals surface area contributed by atoms with Gasteiger partial charge in [0.05, 0.1) is 40.4 Å². The third kappa shape index (κ3) is 5.06. The lowest BCUT2D eigenvalue weighted by Crippen LogP contribution is -2.48. The third-order valence-electron chi connectivity index (χ3n) is 5.41. The number of nitrogens with one attached hydrogen (secondary N) is 3. The molecule has 33 heavy (non-hydrogen) atoms. The summed E-state index contributed by atoms with van der Waals surface area (Å²) >= 11 is 6.36. The molecule has 0 atom stereocenters. The molecule has 2 heterocycles. The van der Waals surface area contributed by atoms with Gasteiger partial charge in [0.15, 0.2) is 5.82 Å². The zero-order valence-corrected chi connectivity index (χ0v) is 20.3. The van der Waals surface area contributed by atoms with Gasteiger partial charge in [0.2, 0.25) is 5.95 Å². The number of hydrogen-bond donors (Lipinski definition) is 3. The number of benzene rings is 2. The van der Waals surface area contributed by atoms with Crippen molar-refractivity contribution >= 4 is 62.9 Å². The number of fused-ring (bicyclic) bond motifs is 1. The second kappa shape index (κ2) is 9.05. The van der Waals surface area contributed by atoms with E-state index in [0.29, 0.717) is 39.8 Å². The summed E-state index contributed by atoms with van der Waals surface area (Å²) in [7, 11) is 11.5. The monoisotopic (exact) mass is 477 g/mol. The summed E-state index contributed by atoms with van der Waals surface area (Å²) in [6.07, 6.45) is 2.27. The molecule has 0 amide bonds. The van der Waals surface area contributed by atoms with Crippen molar-refractivity contribution in [1.29, 1.82) is 0 Å². The van der Waals surface area contributed by atoms with Crippen LogP contribution in [0, 0.1) is 0 Å². The maximum Gasteiger partial charge on any atom is 0.229 e. The predicted octanol–water partition coefficient (Wildman–Crippen LogP) is 3.47. The lowest BCUT2D eigenvalue weighted by molar-refractivity contribution is 0.415. The quantitative estimate of drug-likeness (QED) is 0.370. The van der Waals surface area contributed by atoms with Crippen LogP contribution < -0.4 is 26.0 Å². The number of halogens is 1. The first kappa shape index (κ1) is 23.7. The fraction of sp³-hybridized carbons (Fsp3) is 0.273. The fourth-order valence-electron chi connectivity index (χ4n) is 3.79. The van der Waals surface area contributed by atoms with Crippen molar-refractivity contribution in [3.8, 4) is 5.75 Å². The van der Waals surface area contributed by atoms with Crippen LogP contribution in [0.2, 0.25) is 5.02 Å². The van der Waals surface area contributed by atoms with Gasteiger partial charge in [-0.15, -0.1) is 0 Å². The number of nitrogens with zero attached hydrogens (tertiary/aromatic N) is 2. The molecule has 3 aromatic rings. The molecule has 0 spiro atoms. The molecule has 2 aromatic carbocycles. The van der Waals surface area contributed by atoms with E-state index in [1.54, 1.807) is 20.4 Å². The maximum absolute atomic E-state index is 12.7. The lowest BCUT2D eigenvalue weighted by atomic mass is 9.56. The molecule has 0 saturated heterocycles. The molecule has 0 bridgehead atoms. The van der Waals surface area contributed by atoms with Crippen LogP contribution in [0.1, 0.15) is 11.1 Å². The van der Waals surface area contributed by atoms with Crippen LogP contribution in [0.3, 0.4) is 0 Å². The average molecular weight is 478 g/mol. The Hall–Kier alpha value is -2.47. The van der Waals surface area contributed by atoms with Crippen molar-refractivity contribution in [2.45, 2.75) is 11.8 Å². The Morgan fingerprint density at radius 2 is 1.94 bits per heavy atom. The Bertz CT molecular complexity index is 1250. The molecule has 3 N–H and O–H groups in total. The van der Waals surface area contributed by atoms with Gasteiger partial charge < -0.3 is 25.3 Å². The topological polar surface area (TPSA) is 88.2 Å². The van der Waals surface area contributed by atoms with Crippen LogP contribution in [-0.4, -0.2) is 52.6 Å². The fourth-order valence-corrected chi connectivity index (χ4v) is 5.09. The molecule has 7 nitrogen and oxygen atoms in total. The van der Waals surface area contributed by atoms with Crippen LogP contribution in [0.5, 0.6) is 5.75 Å². The Morgan fingerprint density at radius 3 is 2.67 bits per heavy atom. The Labute approximate surface area is 201 Å². The highest BCUT2D eigenvalue weighted by atomic mass is 35.5. The van der Waals surface area contributed by atoms with Crippen molar-refractivity contribution in [3.63, 3.8) is 0 Å². The number of ether oxygens (including phenoxy) is 1. The van der Waals surface area contributed by atoms with Gasteiger partial charge in [-0.1, -0.05) is 23.7 Å². The molecule has 1 aliphatic rings. The summed E-state index contributed by atoms with van der Waals surface area (Å²) in [5, 5.41) is 9.35. The molecule has 0 aliphatic carbocycles. The van der Waals surface area contributed by atoms with Gasteiger partial charge in [0.1, 0.15) is 17.9 Å². The first-order valence-electron chi connectivity index (χ1n) is 10.3. The first-order valence-corrected chi connectivity index (χ1v) is 13.3. The Balaban J connectivity index is 1.68. The second-order valence-electron chi connectivity index (χ2n) is 8.26. The number of hydrogen-bond acceptors (Lipinski definition) is 7. The number of para-hydroxylation sites is 1. The summed E-state index contributed by atoms with van der Waals surface area (Å²) in [6.45, 7) is 4.11. The highest BCUT2D eigenvalue weighted by molar-refractivity contribution is 7.70. The summed E-state index contributed by atoms with van der Waals surface area (Å²) in [6, 6.07) is 11.1. The van der Waals surface area contributed by atoms with Gasteiger partial charge in [-0.2, -0.15) is 4.98 Å². The van der Waals surface area contributed by atoms with Gasteiger partial charge in [0, 0.05) is 5.30 Å². The van der Waals surface area contributed by atoms with E-state index in [2.05, 4.69) is 25.9 Å². The standard InChI is InChI=1S/C22H23B2ClN5O2P/c1-32-18-10-13-8-9-27-22(23,24)14(13)11-17(18)29-21-26-12-15(25)20(30-21)28-16-6-4-5-7-19(16)33(2,3)31/h4-7,10-12,27H,8-9H2,1-3H3,(H2,26,28,29,30). The van der Waals surface area contributed by atoms with Gasteiger partial charge >= 0.3 is 0 Å². The SMILES string of the molecule is [B]C1([B])NCCc2cc(OC)c(Nc3ncc(Cl)c(Nc4ccccc4P(C)(C)=O)n3)cc21. The van der Waals surface area contributed by atoms with Gasteiger partial charge in [0.25, 0.3) is 0 Å². The lowest BCUT2D eigenvalue weighted by Gasteiger charge is -2.36. The largest absolute Gasteiger partial charge is 0.495 e. The van der Waals surface area contributed by atoms with Gasteiger partial charge in [-0.05, 0) is 67.0 Å². The molecule has 1 aromatic heterocycles. The smallest absolute Gasteiger partial charge is 0.229 e. The zero-order valence-electron chi connectivity index (χ0n) is 18.6. The van der Waals surface area contributed by atoms with Crippen molar-refractivity contribution in [2.75, 3.05) is 37.6 Å². The van der Waals surface area contributed by atoms with Crippen LogP contribution in [0.4, 0.5) is 23.1 Å². The summed E-state index contributed by atoms with van der Waals surface area (Å²) < 4.78 is 18.3. The van der Waals surface area contributed by atoms with Crippen molar-refractivity contribution in [1.82, 2.24) is 15.3 Å². The van der Waals surface area contributed by atoms with E-state index in [0.717, 1.165) is 17.5 Å². The van der Waals surface area contributed by atoms with Crippen molar-refractivity contribution in [2.24, 2.45) is 0 Å². The summed E-state index contributed by atoms with van der Waals surface area (Å²) in [5.41, 5.74) is 3.06. The van der Waals surface area contributed by atoms with E-state index < -0.39 is 12.5 Å². The molecule has 4 radical (unpaired) electrons. The van der Waals surface area contributed by atoms with E-state index in [9.17, 15) is 4.57 Å². The number of rotatable bonds is 6. The molecule has 11 heteroatoms. The molecular weight excluding hydrogens is 454 g/mol. The van der Waals surface area contributed by atoms with E-state index in [1.807, 2.05) is 36.4 Å².